The summed E-state index contributed by atoms with van der Waals surface area (Å²) in [4.78, 5) is 14.4. The van der Waals surface area contributed by atoms with E-state index in [0.29, 0.717) is 24.2 Å². The zero-order chi connectivity index (χ0) is 18.6. The highest BCUT2D eigenvalue weighted by Gasteiger charge is 2.28. The maximum absolute atomic E-state index is 13.7. The molecule has 1 aliphatic heterocycles. The molecule has 27 heavy (non-hydrogen) atoms. The number of piperidine rings is 1. The van der Waals surface area contributed by atoms with Gasteiger partial charge in [-0.25, -0.2) is 4.39 Å². The number of amides is 1. The molecule has 2 aromatic rings. The van der Waals surface area contributed by atoms with E-state index < -0.39 is 0 Å². The summed E-state index contributed by atoms with van der Waals surface area (Å²) in [7, 11) is 0. The van der Waals surface area contributed by atoms with Gasteiger partial charge in [-0.15, -0.1) is 10.2 Å². The van der Waals surface area contributed by atoms with Gasteiger partial charge in [-0.05, 0) is 44.4 Å². The Hall–Kier alpha value is -2.06. The molecule has 0 spiro atoms. The maximum atomic E-state index is 13.7. The molecule has 8 heteroatoms. The highest BCUT2D eigenvalue weighted by Crippen LogP contribution is 2.42. The maximum Gasteiger partial charge on any atom is 0.240 e. The number of aromatic nitrogens is 2. The first-order chi connectivity index (χ1) is 13.2. The highest BCUT2D eigenvalue weighted by molar-refractivity contribution is 7.15. The summed E-state index contributed by atoms with van der Waals surface area (Å²) in [5.74, 6) is 0.714. The predicted octanol–water partition coefficient (Wildman–Crippen LogP) is 3.28. The molecule has 1 aromatic carbocycles. The van der Waals surface area contributed by atoms with Crippen LogP contribution in [0.1, 0.15) is 36.6 Å². The SMILES string of the molecule is O=C(CN1CCC[C@H](COc2ccccc2F)C1)Nc1nnc(C2CC2)s1. The highest BCUT2D eigenvalue weighted by atomic mass is 32.1. The minimum atomic E-state index is -0.341. The van der Waals surface area contributed by atoms with Crippen molar-refractivity contribution in [3.05, 3.63) is 35.1 Å². The first-order valence-corrected chi connectivity index (χ1v) is 10.2. The molecule has 6 nitrogen and oxygen atoms in total. The lowest BCUT2D eigenvalue weighted by atomic mass is 9.99. The van der Waals surface area contributed by atoms with E-state index >= 15 is 0 Å². The fraction of sp³-hybridized carbons (Fsp3) is 0.526. The fourth-order valence-electron chi connectivity index (χ4n) is 3.34. The predicted molar refractivity (Wildman–Crippen MR) is 102 cm³/mol. The largest absolute Gasteiger partial charge is 0.490 e. The summed E-state index contributed by atoms with van der Waals surface area (Å²) in [6, 6.07) is 6.45. The van der Waals surface area contributed by atoms with Gasteiger partial charge in [-0.2, -0.15) is 0 Å². The van der Waals surface area contributed by atoms with Gasteiger partial charge in [0.05, 0.1) is 13.2 Å². The topological polar surface area (TPSA) is 67.3 Å². The van der Waals surface area contributed by atoms with Crippen LogP contribution in [0.5, 0.6) is 5.75 Å². The van der Waals surface area contributed by atoms with E-state index in [1.54, 1.807) is 18.2 Å². The van der Waals surface area contributed by atoms with Crippen molar-refractivity contribution < 1.29 is 13.9 Å². The van der Waals surface area contributed by atoms with Crippen LogP contribution in [0.4, 0.5) is 9.52 Å². The van der Waals surface area contributed by atoms with Gasteiger partial charge < -0.3 is 4.74 Å². The van der Waals surface area contributed by atoms with Crippen LogP contribution < -0.4 is 10.1 Å². The quantitative estimate of drug-likeness (QED) is 0.786. The van der Waals surface area contributed by atoms with E-state index in [2.05, 4.69) is 20.4 Å². The van der Waals surface area contributed by atoms with Gasteiger partial charge in [-0.1, -0.05) is 23.5 Å². The standard InChI is InChI=1S/C19H23FN4O2S/c20-15-5-1-2-6-16(15)26-12-13-4-3-9-24(10-13)11-17(25)21-19-23-22-18(27-19)14-7-8-14/h1-2,5-6,13-14H,3-4,7-12H2,(H,21,23,25)/t13-/m0/s1. The van der Waals surface area contributed by atoms with Gasteiger partial charge in [0.1, 0.15) is 5.01 Å². The second-order valence-corrected chi connectivity index (χ2v) is 8.26. The van der Waals surface area contributed by atoms with Crippen molar-refractivity contribution in [1.82, 2.24) is 15.1 Å². The molecule has 1 N–H and O–H groups in total. The summed E-state index contributed by atoms with van der Waals surface area (Å²) in [6.45, 7) is 2.44. The Morgan fingerprint density at radius 2 is 2.15 bits per heavy atom. The van der Waals surface area contributed by atoms with Crippen molar-refractivity contribution in [1.29, 1.82) is 0 Å². The van der Waals surface area contributed by atoms with Gasteiger partial charge in [0.25, 0.3) is 0 Å². The van der Waals surface area contributed by atoms with Crippen LogP contribution in [0, 0.1) is 11.7 Å². The molecule has 1 aliphatic carbocycles. The summed E-state index contributed by atoms with van der Waals surface area (Å²) < 4.78 is 19.3. The van der Waals surface area contributed by atoms with Crippen LogP contribution in [0.2, 0.25) is 0 Å². The molecule has 2 aliphatic rings. The van der Waals surface area contributed by atoms with Crippen LogP contribution in [-0.4, -0.2) is 47.2 Å². The number of nitrogens with one attached hydrogen (secondary N) is 1. The molecule has 2 heterocycles. The molecule has 144 valence electrons. The van der Waals surface area contributed by atoms with Crippen molar-refractivity contribution in [3.63, 3.8) is 0 Å². The Morgan fingerprint density at radius 1 is 1.30 bits per heavy atom. The third-order valence-electron chi connectivity index (χ3n) is 4.90. The molecular weight excluding hydrogens is 367 g/mol. The van der Waals surface area contributed by atoms with Crippen molar-refractivity contribution in [2.75, 3.05) is 31.6 Å². The van der Waals surface area contributed by atoms with E-state index in [0.717, 1.165) is 30.9 Å². The van der Waals surface area contributed by atoms with Crippen molar-refractivity contribution >= 4 is 22.4 Å². The molecule has 0 unspecified atom stereocenters. The number of nitrogens with zero attached hydrogens (tertiary/aromatic N) is 3. The normalized spacial score (nSPS) is 20.4. The molecule has 1 saturated heterocycles. The van der Waals surface area contributed by atoms with Crippen LogP contribution in [0.25, 0.3) is 0 Å². The summed E-state index contributed by atoms with van der Waals surface area (Å²) in [6.07, 6.45) is 4.37. The Balaban J connectivity index is 1.23. The second-order valence-electron chi connectivity index (χ2n) is 7.25. The smallest absolute Gasteiger partial charge is 0.240 e. The zero-order valence-corrected chi connectivity index (χ0v) is 15.9. The average Bonchev–Trinajstić information content (AvgIpc) is 3.41. The molecule has 4 rings (SSSR count). The van der Waals surface area contributed by atoms with E-state index in [4.69, 9.17) is 4.74 Å². The first kappa shape index (κ1) is 18.3. The fourth-order valence-corrected chi connectivity index (χ4v) is 4.27. The molecule has 1 amide bonds. The Morgan fingerprint density at radius 3 is 2.96 bits per heavy atom. The van der Waals surface area contributed by atoms with Gasteiger partial charge in [0.2, 0.25) is 11.0 Å². The van der Waals surface area contributed by atoms with Crippen molar-refractivity contribution in [3.8, 4) is 5.75 Å². The molecule has 1 aromatic heterocycles. The lowest BCUT2D eigenvalue weighted by Crippen LogP contribution is -2.42. The number of carbonyl (C=O) groups excluding carboxylic acids is 1. The summed E-state index contributed by atoms with van der Waals surface area (Å²) >= 11 is 1.47. The third kappa shape index (κ3) is 5.01. The number of rotatable bonds is 7. The van der Waals surface area contributed by atoms with E-state index in [1.807, 2.05) is 0 Å². The van der Waals surface area contributed by atoms with Gasteiger partial charge >= 0.3 is 0 Å². The van der Waals surface area contributed by atoms with Gasteiger partial charge in [0, 0.05) is 18.4 Å². The van der Waals surface area contributed by atoms with Crippen LogP contribution in [0.3, 0.4) is 0 Å². The molecule has 1 atom stereocenters. The van der Waals surface area contributed by atoms with E-state index in [-0.39, 0.29) is 23.4 Å². The first-order valence-electron chi connectivity index (χ1n) is 9.40. The van der Waals surface area contributed by atoms with Crippen LogP contribution in [-0.2, 0) is 4.79 Å². The Kier molecular flexibility index (Phi) is 5.63. The molecule has 1 saturated carbocycles. The van der Waals surface area contributed by atoms with E-state index in [1.165, 1.54) is 30.2 Å². The number of hydrogen-bond acceptors (Lipinski definition) is 6. The lowest BCUT2D eigenvalue weighted by molar-refractivity contribution is -0.117. The number of halogens is 1. The summed E-state index contributed by atoms with van der Waals surface area (Å²) in [5.41, 5.74) is 0. The van der Waals surface area contributed by atoms with Gasteiger partial charge in [-0.3, -0.25) is 15.0 Å². The Labute approximate surface area is 161 Å². The number of para-hydroxylation sites is 1. The lowest BCUT2D eigenvalue weighted by Gasteiger charge is -2.31. The zero-order valence-electron chi connectivity index (χ0n) is 15.1. The minimum Gasteiger partial charge on any atom is -0.490 e. The molecular formula is C19H23FN4O2S. The molecule has 2 fully saturated rings. The number of ether oxygens (including phenoxy) is 1. The van der Waals surface area contributed by atoms with Gasteiger partial charge in [0.15, 0.2) is 11.6 Å². The Bertz CT molecular complexity index is 796. The number of carbonyl (C=O) groups is 1. The molecule has 0 radical (unpaired) electrons. The van der Waals surface area contributed by atoms with Crippen molar-refractivity contribution in [2.24, 2.45) is 5.92 Å². The minimum absolute atomic E-state index is 0.0656. The molecule has 0 bridgehead atoms. The third-order valence-corrected chi connectivity index (χ3v) is 5.90. The summed E-state index contributed by atoms with van der Waals surface area (Å²) in [5, 5.41) is 12.7. The number of benzene rings is 1. The average molecular weight is 390 g/mol. The van der Waals surface area contributed by atoms with Crippen LogP contribution >= 0.6 is 11.3 Å². The monoisotopic (exact) mass is 390 g/mol. The second kappa shape index (κ2) is 8.31. The number of hydrogen-bond donors (Lipinski definition) is 1. The number of likely N-dealkylation sites (tertiary alicyclic amines) is 1. The number of anilines is 1. The van der Waals surface area contributed by atoms with Crippen molar-refractivity contribution in [2.45, 2.75) is 31.6 Å². The van der Waals surface area contributed by atoms with Crippen LogP contribution in [0.15, 0.2) is 24.3 Å². The van der Waals surface area contributed by atoms with E-state index in [9.17, 15) is 9.18 Å².